The van der Waals surface area contributed by atoms with E-state index in [-0.39, 0.29) is 24.0 Å². The highest BCUT2D eigenvalue weighted by Crippen LogP contribution is 2.10. The van der Waals surface area contributed by atoms with Crippen molar-refractivity contribution < 1.29 is 14.3 Å². The number of carbonyl (C=O) groups is 2. The average Bonchev–Trinajstić information content (AvgIpc) is 3.46. The first-order chi connectivity index (χ1) is 18.8. The van der Waals surface area contributed by atoms with Crippen LogP contribution in [0, 0.1) is 0 Å². The summed E-state index contributed by atoms with van der Waals surface area (Å²) < 4.78 is 5.57. The van der Waals surface area contributed by atoms with E-state index >= 15 is 0 Å². The minimum Gasteiger partial charge on any atom is -0.379 e. The Morgan fingerprint density at radius 1 is 1.03 bits per heavy atom. The Balaban J connectivity index is 1.93. The number of amides is 2. The van der Waals surface area contributed by atoms with Crippen LogP contribution in [0.4, 0.5) is 0 Å². The van der Waals surface area contributed by atoms with Gasteiger partial charge in [-0.05, 0) is 90.2 Å². The Morgan fingerprint density at radius 3 is 2.36 bits per heavy atom. The zero-order chi connectivity index (χ0) is 28.5. The molecule has 39 heavy (non-hydrogen) atoms. The fourth-order valence-electron chi connectivity index (χ4n) is 4.38. The minimum atomic E-state index is -0.580. The zero-order valence-electron chi connectivity index (χ0n) is 24.6. The average molecular weight is 543 g/mol. The third-order valence-corrected chi connectivity index (χ3v) is 6.50. The number of aromatic nitrogens is 2. The van der Waals surface area contributed by atoms with Crippen LogP contribution in [-0.2, 0) is 16.1 Å². The summed E-state index contributed by atoms with van der Waals surface area (Å²) in [5.74, 6) is 0.508. The van der Waals surface area contributed by atoms with Crippen molar-refractivity contribution in [2.75, 3.05) is 32.8 Å². The molecular formula is C30H50N6O3. The molecule has 0 spiro atoms. The number of aromatic amines is 1. The third-order valence-electron chi connectivity index (χ3n) is 6.50. The van der Waals surface area contributed by atoms with Crippen molar-refractivity contribution in [2.24, 2.45) is 0 Å². The highest BCUT2D eigenvalue weighted by Gasteiger charge is 2.21. The van der Waals surface area contributed by atoms with Gasteiger partial charge < -0.3 is 30.6 Å². The summed E-state index contributed by atoms with van der Waals surface area (Å²) >= 11 is 0. The van der Waals surface area contributed by atoms with E-state index in [0.717, 1.165) is 56.7 Å². The summed E-state index contributed by atoms with van der Waals surface area (Å²) in [6, 6.07) is 7.01. The molecule has 1 heterocycles. The van der Waals surface area contributed by atoms with Gasteiger partial charge in [-0.3, -0.25) is 9.59 Å². The van der Waals surface area contributed by atoms with E-state index in [2.05, 4.69) is 44.7 Å². The molecule has 0 radical (unpaired) electrons. The molecule has 0 saturated heterocycles. The highest BCUT2D eigenvalue weighted by atomic mass is 16.5. The molecule has 1 unspecified atom stereocenters. The van der Waals surface area contributed by atoms with Crippen LogP contribution in [0.25, 0.3) is 0 Å². The van der Waals surface area contributed by atoms with Gasteiger partial charge in [0.25, 0.3) is 5.91 Å². The van der Waals surface area contributed by atoms with Crippen molar-refractivity contribution in [1.82, 2.24) is 30.8 Å². The van der Waals surface area contributed by atoms with Crippen LogP contribution in [0.5, 0.6) is 0 Å². The van der Waals surface area contributed by atoms with E-state index in [1.54, 1.807) is 6.20 Å². The lowest BCUT2D eigenvalue weighted by Crippen LogP contribution is -2.47. The van der Waals surface area contributed by atoms with Gasteiger partial charge in [0.1, 0.15) is 11.9 Å². The fraction of sp³-hybridized carbons (Fsp3) is 0.633. The smallest absolute Gasteiger partial charge is 0.251 e. The molecule has 0 aliphatic rings. The van der Waals surface area contributed by atoms with Crippen LogP contribution in [0.1, 0.15) is 94.5 Å². The Bertz CT molecular complexity index is 927. The maximum Gasteiger partial charge on any atom is 0.251 e. The molecule has 0 bridgehead atoms. The fourth-order valence-corrected chi connectivity index (χ4v) is 4.38. The van der Waals surface area contributed by atoms with Crippen LogP contribution in [-0.4, -0.2) is 71.6 Å². The minimum absolute atomic E-state index is 0.0877. The van der Waals surface area contributed by atoms with Crippen LogP contribution < -0.4 is 16.0 Å². The first-order valence-corrected chi connectivity index (χ1v) is 14.6. The predicted molar refractivity (Wildman–Crippen MR) is 157 cm³/mol. The Morgan fingerprint density at radius 2 is 1.74 bits per heavy atom. The molecule has 0 aliphatic carbocycles. The van der Waals surface area contributed by atoms with Gasteiger partial charge in [-0.15, -0.1) is 0 Å². The summed E-state index contributed by atoms with van der Waals surface area (Å²) in [4.78, 5) is 36.0. The van der Waals surface area contributed by atoms with Gasteiger partial charge in [-0.25, -0.2) is 4.98 Å². The molecule has 218 valence electrons. The summed E-state index contributed by atoms with van der Waals surface area (Å²) in [5.41, 5.74) is 1.61. The molecule has 1 aromatic heterocycles. The zero-order valence-corrected chi connectivity index (χ0v) is 24.6. The predicted octanol–water partition coefficient (Wildman–Crippen LogP) is 4.19. The summed E-state index contributed by atoms with van der Waals surface area (Å²) in [6.45, 7) is 15.2. The van der Waals surface area contributed by atoms with E-state index in [1.807, 2.05) is 51.2 Å². The monoisotopic (exact) mass is 542 g/mol. The second kappa shape index (κ2) is 18.5. The lowest BCUT2D eigenvalue weighted by atomic mass is 10.1. The number of nitrogens with zero attached hydrogens (tertiary/aromatic N) is 2. The molecule has 2 rings (SSSR count). The third kappa shape index (κ3) is 12.8. The quantitative estimate of drug-likeness (QED) is 0.187. The molecule has 0 aliphatic heterocycles. The molecule has 1 aromatic carbocycles. The van der Waals surface area contributed by atoms with Crippen LogP contribution >= 0.6 is 0 Å². The Hall–Kier alpha value is -2.75. The van der Waals surface area contributed by atoms with Gasteiger partial charge in [0.15, 0.2) is 0 Å². The molecule has 2 aromatic rings. The van der Waals surface area contributed by atoms with Gasteiger partial charge in [0.2, 0.25) is 5.91 Å². The summed E-state index contributed by atoms with van der Waals surface area (Å²) in [5, 5.41) is 9.40. The number of carbonyl (C=O) groups excluding carboxylic acids is 2. The highest BCUT2D eigenvalue weighted by molar-refractivity contribution is 5.97. The first kappa shape index (κ1) is 32.5. The van der Waals surface area contributed by atoms with Crippen LogP contribution in [0.15, 0.2) is 36.7 Å². The second-order valence-corrected chi connectivity index (χ2v) is 10.3. The van der Waals surface area contributed by atoms with Gasteiger partial charge in [-0.2, -0.15) is 0 Å². The number of H-pyrrole nitrogens is 1. The number of ether oxygens (including phenoxy) is 1. The molecule has 2 amide bonds. The number of nitrogens with one attached hydrogen (secondary N) is 4. The standard InChI is InChI=1S/C30H50N6O3/c1-6-18-36(19-7-2)20-8-10-27(30(38)33-15-9-21-39-23(3)4)35-29(37)26-13-11-25(12-14-26)22-34-24(5)28-31-16-17-32-28/h11-14,16-17,23-24,27,34H,6-10,15,18-22H2,1-5H3,(H,31,32)(H,33,38)(H,35,37)/t24?,27-/m0/s1. The SMILES string of the molecule is CCCN(CCC)CCC[C@H](NC(=O)c1ccc(CNC(C)c2ncc[nH]2)cc1)C(=O)NCCCOC(C)C. The van der Waals surface area contributed by atoms with E-state index in [4.69, 9.17) is 4.74 Å². The van der Waals surface area contributed by atoms with Crippen molar-refractivity contribution in [3.8, 4) is 0 Å². The summed E-state index contributed by atoms with van der Waals surface area (Å²) in [7, 11) is 0. The van der Waals surface area contributed by atoms with Gasteiger partial charge in [0, 0.05) is 37.7 Å². The number of benzene rings is 1. The summed E-state index contributed by atoms with van der Waals surface area (Å²) in [6.07, 6.45) is 8.09. The molecule has 9 nitrogen and oxygen atoms in total. The van der Waals surface area contributed by atoms with E-state index in [0.29, 0.717) is 31.7 Å². The first-order valence-electron chi connectivity index (χ1n) is 14.6. The van der Waals surface area contributed by atoms with Crippen molar-refractivity contribution in [3.05, 3.63) is 53.6 Å². The Kier molecular flexibility index (Phi) is 15.4. The van der Waals surface area contributed by atoms with Gasteiger partial charge in [0.05, 0.1) is 12.1 Å². The van der Waals surface area contributed by atoms with Crippen molar-refractivity contribution in [1.29, 1.82) is 0 Å². The van der Waals surface area contributed by atoms with Crippen molar-refractivity contribution >= 4 is 11.8 Å². The maximum atomic E-state index is 13.1. The normalized spacial score (nSPS) is 13.0. The topological polar surface area (TPSA) is 111 Å². The number of rotatable bonds is 20. The van der Waals surface area contributed by atoms with E-state index in [1.165, 1.54) is 0 Å². The van der Waals surface area contributed by atoms with Crippen molar-refractivity contribution in [3.63, 3.8) is 0 Å². The van der Waals surface area contributed by atoms with Gasteiger partial charge in [-0.1, -0.05) is 26.0 Å². The molecule has 0 fully saturated rings. The molecular weight excluding hydrogens is 492 g/mol. The van der Waals surface area contributed by atoms with Gasteiger partial charge >= 0.3 is 0 Å². The van der Waals surface area contributed by atoms with Crippen LogP contribution in [0.3, 0.4) is 0 Å². The van der Waals surface area contributed by atoms with E-state index in [9.17, 15) is 9.59 Å². The lowest BCUT2D eigenvalue weighted by molar-refractivity contribution is -0.123. The van der Waals surface area contributed by atoms with E-state index < -0.39 is 6.04 Å². The van der Waals surface area contributed by atoms with Crippen LogP contribution in [0.2, 0.25) is 0 Å². The number of hydrogen-bond donors (Lipinski definition) is 4. The molecule has 2 atom stereocenters. The molecule has 0 saturated carbocycles. The molecule has 4 N–H and O–H groups in total. The maximum absolute atomic E-state index is 13.1. The second-order valence-electron chi connectivity index (χ2n) is 10.3. The lowest BCUT2D eigenvalue weighted by Gasteiger charge is -2.23. The molecule has 9 heteroatoms. The largest absolute Gasteiger partial charge is 0.379 e. The number of imidazole rings is 1. The Labute approximate surface area is 234 Å². The number of hydrogen-bond acceptors (Lipinski definition) is 6. The van der Waals surface area contributed by atoms with Crippen molar-refractivity contribution in [2.45, 2.75) is 91.5 Å².